The smallest absolute Gasteiger partial charge is 0.248 e. The fraction of sp³-hybridized carbons (Fsp3) is 0.471. The van der Waals surface area contributed by atoms with Crippen LogP contribution in [0.15, 0.2) is 48.6 Å². The van der Waals surface area contributed by atoms with Crippen molar-refractivity contribution < 1.29 is 4.79 Å². The second-order valence-corrected chi connectivity index (χ2v) is 5.10. The Morgan fingerprint density at radius 1 is 0.947 bits per heavy atom. The zero-order chi connectivity index (χ0) is 14.1. The topological polar surface area (TPSA) is 43.1 Å². The van der Waals surface area contributed by atoms with E-state index in [0.717, 1.165) is 0 Å². The molecule has 0 aromatic heterocycles. The summed E-state index contributed by atoms with van der Waals surface area (Å²) in [6.45, 7) is 7.50. The van der Waals surface area contributed by atoms with Crippen LogP contribution in [0, 0.1) is 5.92 Å². The van der Waals surface area contributed by atoms with Crippen LogP contribution in [0.1, 0.15) is 44.9 Å². The van der Waals surface area contributed by atoms with Gasteiger partial charge in [-0.2, -0.15) is 0 Å². The van der Waals surface area contributed by atoms with Crippen LogP contribution in [0.4, 0.5) is 0 Å². The third kappa shape index (κ3) is 5.29. The van der Waals surface area contributed by atoms with Crippen molar-refractivity contribution in [1.82, 2.24) is 0 Å². The van der Waals surface area contributed by atoms with Crippen molar-refractivity contribution in [1.29, 1.82) is 0 Å². The molecule has 2 nitrogen and oxygen atoms in total. The highest BCUT2D eigenvalue weighted by atomic mass is 16.1. The molecule has 0 aromatic rings. The first kappa shape index (κ1) is 15.5. The van der Waals surface area contributed by atoms with E-state index in [2.05, 4.69) is 13.2 Å². The average Bonchev–Trinajstić information content (AvgIpc) is 2.35. The maximum absolute atomic E-state index is 11.1. The number of hydrogen-bond acceptors (Lipinski definition) is 1. The number of hydrogen-bond donors (Lipinski definition) is 1. The van der Waals surface area contributed by atoms with Crippen LogP contribution in [-0.4, -0.2) is 5.91 Å². The molecule has 1 rings (SSSR count). The van der Waals surface area contributed by atoms with Gasteiger partial charge >= 0.3 is 0 Å². The zero-order valence-electron chi connectivity index (χ0n) is 11.7. The van der Waals surface area contributed by atoms with Crippen molar-refractivity contribution in [3.63, 3.8) is 0 Å². The number of carbonyl (C=O) groups excluding carboxylic acids is 1. The van der Waals surface area contributed by atoms with Gasteiger partial charge in [0, 0.05) is 5.57 Å². The Bertz CT molecular complexity index is 382. The number of carbonyl (C=O) groups is 1. The molecule has 0 radical (unpaired) electrons. The number of nitrogens with two attached hydrogens (primary N) is 1. The molecule has 1 aliphatic carbocycles. The van der Waals surface area contributed by atoms with Crippen LogP contribution >= 0.6 is 0 Å². The first-order chi connectivity index (χ1) is 9.19. The zero-order valence-corrected chi connectivity index (χ0v) is 11.7. The minimum Gasteiger partial charge on any atom is -0.366 e. The van der Waals surface area contributed by atoms with Gasteiger partial charge in [0.25, 0.3) is 0 Å². The Morgan fingerprint density at radius 2 is 1.53 bits per heavy atom. The molecular weight excluding hydrogens is 234 g/mol. The van der Waals surface area contributed by atoms with Gasteiger partial charge in [-0.1, -0.05) is 63.5 Å². The fourth-order valence-corrected chi connectivity index (χ4v) is 2.60. The summed E-state index contributed by atoms with van der Waals surface area (Å²) >= 11 is 0. The normalized spacial score (nSPS) is 19.4. The van der Waals surface area contributed by atoms with Crippen LogP contribution in [0.2, 0.25) is 0 Å². The molecule has 1 saturated carbocycles. The van der Waals surface area contributed by atoms with Crippen molar-refractivity contribution in [3.05, 3.63) is 48.6 Å². The van der Waals surface area contributed by atoms with Gasteiger partial charge in [-0.3, -0.25) is 4.79 Å². The highest BCUT2D eigenvalue weighted by Gasteiger charge is 2.13. The van der Waals surface area contributed by atoms with Crippen molar-refractivity contribution in [2.45, 2.75) is 44.9 Å². The molecule has 0 unspecified atom stereocenters. The molecule has 0 aromatic carbocycles. The lowest BCUT2D eigenvalue weighted by atomic mass is 9.85. The number of amides is 1. The maximum Gasteiger partial charge on any atom is 0.248 e. The summed E-state index contributed by atoms with van der Waals surface area (Å²) < 4.78 is 0. The highest BCUT2D eigenvalue weighted by molar-refractivity contribution is 5.94. The summed E-state index contributed by atoms with van der Waals surface area (Å²) in [6, 6.07) is 0. The van der Waals surface area contributed by atoms with E-state index >= 15 is 0 Å². The van der Waals surface area contributed by atoms with Crippen molar-refractivity contribution >= 4 is 5.91 Å². The van der Waals surface area contributed by atoms with E-state index in [1.54, 1.807) is 6.08 Å². The highest BCUT2D eigenvalue weighted by Crippen LogP contribution is 2.28. The van der Waals surface area contributed by atoms with Gasteiger partial charge in [0.15, 0.2) is 0 Å². The molecule has 0 bridgehead atoms. The van der Waals surface area contributed by atoms with Gasteiger partial charge in [-0.05, 0) is 30.4 Å². The first-order valence-electron chi connectivity index (χ1n) is 7.15. The second-order valence-electron chi connectivity index (χ2n) is 5.10. The monoisotopic (exact) mass is 259 g/mol. The molecule has 0 atom stereocenters. The summed E-state index contributed by atoms with van der Waals surface area (Å²) in [5, 5.41) is 0. The molecule has 104 valence electrons. The molecule has 0 heterocycles. The third-order valence-electron chi connectivity index (χ3n) is 3.77. The summed E-state index contributed by atoms with van der Waals surface area (Å²) in [5.41, 5.74) is 6.93. The maximum atomic E-state index is 11.1. The van der Waals surface area contributed by atoms with Gasteiger partial charge in [0.1, 0.15) is 0 Å². The van der Waals surface area contributed by atoms with Crippen molar-refractivity contribution in [3.8, 4) is 0 Å². The van der Waals surface area contributed by atoms with Gasteiger partial charge in [0.2, 0.25) is 5.91 Å². The van der Waals surface area contributed by atoms with Gasteiger partial charge < -0.3 is 5.73 Å². The predicted molar refractivity (Wildman–Crippen MR) is 81.6 cm³/mol. The number of allylic oxidation sites excluding steroid dienone is 4. The Balaban J connectivity index is 2.82. The second kappa shape index (κ2) is 8.52. The lowest BCUT2D eigenvalue weighted by Gasteiger charge is -2.20. The first-order valence-corrected chi connectivity index (χ1v) is 7.15. The molecular formula is C17H25NO. The minimum atomic E-state index is -0.438. The molecule has 0 spiro atoms. The Labute approximate surface area is 116 Å². The third-order valence-corrected chi connectivity index (χ3v) is 3.77. The van der Waals surface area contributed by atoms with Gasteiger partial charge in [-0.15, -0.1) is 0 Å². The largest absolute Gasteiger partial charge is 0.366 e. The molecule has 1 aliphatic rings. The Kier molecular flexibility index (Phi) is 6.94. The van der Waals surface area contributed by atoms with Crippen LogP contribution in [0.25, 0.3) is 0 Å². The van der Waals surface area contributed by atoms with Gasteiger partial charge in [-0.25, -0.2) is 0 Å². The van der Waals surface area contributed by atoms with E-state index in [-0.39, 0.29) is 0 Å². The lowest BCUT2D eigenvalue weighted by molar-refractivity contribution is -0.114. The summed E-state index contributed by atoms with van der Waals surface area (Å²) in [7, 11) is 0. The quantitative estimate of drug-likeness (QED) is 0.587. The molecule has 2 N–H and O–H groups in total. The number of rotatable bonds is 5. The van der Waals surface area contributed by atoms with Crippen LogP contribution in [0.5, 0.6) is 0 Å². The Morgan fingerprint density at radius 3 is 2.00 bits per heavy atom. The molecule has 0 saturated heterocycles. The van der Waals surface area contributed by atoms with E-state index in [9.17, 15) is 4.79 Å². The molecule has 1 fully saturated rings. The van der Waals surface area contributed by atoms with Crippen molar-refractivity contribution in [2.24, 2.45) is 11.7 Å². The molecule has 19 heavy (non-hydrogen) atoms. The van der Waals surface area contributed by atoms with E-state index in [4.69, 9.17) is 5.73 Å². The molecule has 0 aliphatic heterocycles. The van der Waals surface area contributed by atoms with Crippen LogP contribution < -0.4 is 5.73 Å². The van der Waals surface area contributed by atoms with E-state index in [0.29, 0.717) is 11.5 Å². The predicted octanol–water partition coefficient (Wildman–Crippen LogP) is 4.06. The molecule has 1 amide bonds. The van der Waals surface area contributed by atoms with Crippen molar-refractivity contribution in [2.75, 3.05) is 0 Å². The molecule has 2 heteroatoms. The summed E-state index contributed by atoms with van der Waals surface area (Å²) in [5.74, 6) is 0.125. The SMILES string of the molecule is C=C/C(=C\C=C(/C=C)C(N)=O)C1CCCCCCC1. The fourth-order valence-electron chi connectivity index (χ4n) is 2.60. The Hall–Kier alpha value is -1.57. The average molecular weight is 259 g/mol. The lowest BCUT2D eigenvalue weighted by Crippen LogP contribution is -2.12. The number of primary amides is 1. The van der Waals surface area contributed by atoms with E-state index < -0.39 is 5.91 Å². The summed E-state index contributed by atoms with van der Waals surface area (Å²) in [4.78, 5) is 11.1. The minimum absolute atomic E-state index is 0.438. The van der Waals surface area contributed by atoms with Crippen LogP contribution in [-0.2, 0) is 4.79 Å². The van der Waals surface area contributed by atoms with E-state index in [1.807, 2.05) is 12.2 Å². The van der Waals surface area contributed by atoms with Gasteiger partial charge in [0.05, 0.1) is 0 Å². The standard InChI is InChI=1S/C17H25NO/c1-3-14(12-13-15(4-2)17(18)19)16-10-8-6-5-7-9-11-16/h3-4,12-13,16H,1-2,5-11H2,(H2,18,19)/b14-12+,15-13+. The van der Waals surface area contributed by atoms with Crippen LogP contribution in [0.3, 0.4) is 0 Å². The van der Waals surface area contributed by atoms with E-state index in [1.165, 1.54) is 56.6 Å². The summed E-state index contributed by atoms with van der Waals surface area (Å²) in [6.07, 6.45) is 16.1.